The van der Waals surface area contributed by atoms with Crippen LogP contribution in [0, 0.1) is 6.92 Å². The molecule has 31 heavy (non-hydrogen) atoms. The number of carbonyl (C=O) groups excluding carboxylic acids is 2. The van der Waals surface area contributed by atoms with Crippen molar-refractivity contribution >= 4 is 28.8 Å². The van der Waals surface area contributed by atoms with Gasteiger partial charge in [-0.15, -0.1) is 0 Å². The third kappa shape index (κ3) is 3.64. The van der Waals surface area contributed by atoms with Crippen LogP contribution in [0.3, 0.4) is 0 Å². The second kappa shape index (κ2) is 8.36. The molecule has 1 heterocycles. The van der Waals surface area contributed by atoms with E-state index in [0.717, 1.165) is 10.5 Å². The maximum absolute atomic E-state index is 13.6. The molecule has 3 aromatic carbocycles. The van der Waals surface area contributed by atoms with Gasteiger partial charge in [-0.1, -0.05) is 48.5 Å². The highest BCUT2D eigenvalue weighted by atomic mass is 16.5. The highest BCUT2D eigenvalue weighted by molar-refractivity contribution is 6.46. The van der Waals surface area contributed by atoms with Crippen LogP contribution in [0.15, 0.2) is 78.5 Å². The number of benzene rings is 3. The van der Waals surface area contributed by atoms with Gasteiger partial charge < -0.3 is 14.8 Å². The number of anilines is 2. The van der Waals surface area contributed by atoms with Crippen molar-refractivity contribution in [3.05, 3.63) is 89.6 Å². The highest BCUT2D eigenvalue weighted by Gasteiger charge is 2.41. The standard InChI is InChI=1S/C25H22N2O4/c1-16-13-14-21(31-3)19(15-16)27-24(28)22(17-9-5-4-6-10-17)23(25(27)29)26-18-11-7-8-12-20(18)30-2/h4-15,26H,1-3H3. The minimum Gasteiger partial charge on any atom is -0.495 e. The molecule has 0 unspecified atom stereocenters. The summed E-state index contributed by atoms with van der Waals surface area (Å²) in [6.07, 6.45) is 0. The first kappa shape index (κ1) is 20.2. The summed E-state index contributed by atoms with van der Waals surface area (Å²) < 4.78 is 10.8. The van der Waals surface area contributed by atoms with Crippen molar-refractivity contribution < 1.29 is 19.1 Å². The largest absolute Gasteiger partial charge is 0.495 e. The lowest BCUT2D eigenvalue weighted by atomic mass is 10.0. The van der Waals surface area contributed by atoms with E-state index in [2.05, 4.69) is 5.32 Å². The topological polar surface area (TPSA) is 67.9 Å². The Bertz CT molecular complexity index is 1190. The molecule has 3 aromatic rings. The Morgan fingerprint density at radius 2 is 1.45 bits per heavy atom. The fourth-order valence-electron chi connectivity index (χ4n) is 3.59. The summed E-state index contributed by atoms with van der Waals surface area (Å²) in [5.41, 5.74) is 3.02. The average Bonchev–Trinajstić information content (AvgIpc) is 3.03. The summed E-state index contributed by atoms with van der Waals surface area (Å²) >= 11 is 0. The molecule has 0 saturated heterocycles. The zero-order chi connectivity index (χ0) is 22.0. The maximum Gasteiger partial charge on any atom is 0.282 e. The van der Waals surface area contributed by atoms with Crippen LogP contribution < -0.4 is 19.7 Å². The summed E-state index contributed by atoms with van der Waals surface area (Å²) in [5, 5.41) is 3.14. The second-order valence-electron chi connectivity index (χ2n) is 7.06. The number of imide groups is 1. The van der Waals surface area contributed by atoms with E-state index in [1.54, 1.807) is 43.5 Å². The predicted octanol–water partition coefficient (Wildman–Crippen LogP) is 4.41. The molecule has 6 nitrogen and oxygen atoms in total. The van der Waals surface area contributed by atoms with Gasteiger partial charge in [-0.3, -0.25) is 9.59 Å². The van der Waals surface area contributed by atoms with Gasteiger partial charge in [0.1, 0.15) is 17.2 Å². The average molecular weight is 414 g/mol. The monoisotopic (exact) mass is 414 g/mol. The predicted molar refractivity (Wildman–Crippen MR) is 120 cm³/mol. The smallest absolute Gasteiger partial charge is 0.282 e. The van der Waals surface area contributed by atoms with E-state index >= 15 is 0 Å². The quantitative estimate of drug-likeness (QED) is 0.605. The molecule has 4 rings (SSSR count). The maximum atomic E-state index is 13.6. The Labute approximate surface area is 180 Å². The number of carbonyl (C=O) groups is 2. The third-order valence-electron chi connectivity index (χ3n) is 5.09. The molecule has 1 aliphatic heterocycles. The molecule has 0 aromatic heterocycles. The van der Waals surface area contributed by atoms with Crippen molar-refractivity contribution in [2.24, 2.45) is 0 Å². The second-order valence-corrected chi connectivity index (χ2v) is 7.06. The van der Waals surface area contributed by atoms with Crippen LogP contribution in [0.4, 0.5) is 11.4 Å². The van der Waals surface area contributed by atoms with Crippen LogP contribution in [0.25, 0.3) is 5.57 Å². The first-order valence-electron chi connectivity index (χ1n) is 9.78. The van der Waals surface area contributed by atoms with Crippen LogP contribution in [0.5, 0.6) is 11.5 Å². The normalized spacial score (nSPS) is 13.6. The van der Waals surface area contributed by atoms with Gasteiger partial charge in [-0.05, 0) is 42.3 Å². The number of amides is 2. The summed E-state index contributed by atoms with van der Waals surface area (Å²) in [4.78, 5) is 28.3. The molecule has 0 radical (unpaired) electrons. The Kier molecular flexibility index (Phi) is 5.45. The fourth-order valence-corrected chi connectivity index (χ4v) is 3.59. The zero-order valence-electron chi connectivity index (χ0n) is 17.5. The third-order valence-corrected chi connectivity index (χ3v) is 5.09. The van der Waals surface area contributed by atoms with Crippen molar-refractivity contribution in [1.29, 1.82) is 0 Å². The lowest BCUT2D eigenvalue weighted by Crippen LogP contribution is -2.32. The van der Waals surface area contributed by atoms with Gasteiger partial charge in [0.25, 0.3) is 11.8 Å². The van der Waals surface area contributed by atoms with Gasteiger partial charge in [0.15, 0.2) is 0 Å². The minimum atomic E-state index is -0.460. The molecule has 156 valence electrons. The van der Waals surface area contributed by atoms with Crippen LogP contribution in [0.2, 0.25) is 0 Å². The van der Waals surface area contributed by atoms with E-state index in [4.69, 9.17) is 9.47 Å². The lowest BCUT2D eigenvalue weighted by Gasteiger charge is -2.19. The fraction of sp³-hybridized carbons (Fsp3) is 0.120. The Morgan fingerprint density at radius 1 is 0.774 bits per heavy atom. The molecule has 0 atom stereocenters. The summed E-state index contributed by atoms with van der Waals surface area (Å²) in [7, 11) is 3.07. The van der Waals surface area contributed by atoms with Crippen LogP contribution >= 0.6 is 0 Å². The molecule has 2 amide bonds. The van der Waals surface area contributed by atoms with Gasteiger partial charge in [-0.2, -0.15) is 0 Å². The van der Waals surface area contributed by atoms with Gasteiger partial charge in [0.05, 0.1) is 31.2 Å². The summed E-state index contributed by atoms with van der Waals surface area (Å²) in [6, 6.07) is 21.8. The van der Waals surface area contributed by atoms with E-state index in [0.29, 0.717) is 34.0 Å². The van der Waals surface area contributed by atoms with E-state index in [9.17, 15) is 9.59 Å². The molecule has 1 N–H and O–H groups in total. The van der Waals surface area contributed by atoms with Crippen molar-refractivity contribution in [2.75, 3.05) is 24.4 Å². The van der Waals surface area contributed by atoms with Gasteiger partial charge in [0, 0.05) is 0 Å². The minimum absolute atomic E-state index is 0.184. The molecule has 0 saturated carbocycles. The number of aryl methyl sites for hydroxylation is 1. The summed E-state index contributed by atoms with van der Waals surface area (Å²) in [6.45, 7) is 1.90. The van der Waals surface area contributed by atoms with Gasteiger partial charge >= 0.3 is 0 Å². The molecule has 0 aliphatic carbocycles. The van der Waals surface area contributed by atoms with Crippen LogP contribution in [-0.4, -0.2) is 26.0 Å². The number of nitrogens with zero attached hydrogens (tertiary/aromatic N) is 1. The molecule has 0 spiro atoms. The zero-order valence-corrected chi connectivity index (χ0v) is 17.5. The van der Waals surface area contributed by atoms with Crippen molar-refractivity contribution in [1.82, 2.24) is 0 Å². The van der Waals surface area contributed by atoms with Gasteiger partial charge in [-0.25, -0.2) is 4.90 Å². The first-order valence-corrected chi connectivity index (χ1v) is 9.78. The number of hydrogen-bond donors (Lipinski definition) is 1. The molecule has 0 fully saturated rings. The van der Waals surface area contributed by atoms with E-state index in [1.165, 1.54) is 7.11 Å². The molecule has 6 heteroatoms. The number of ether oxygens (including phenoxy) is 2. The Hall–Kier alpha value is -4.06. The van der Waals surface area contributed by atoms with Crippen LogP contribution in [0.1, 0.15) is 11.1 Å². The van der Waals surface area contributed by atoms with Crippen LogP contribution in [-0.2, 0) is 9.59 Å². The van der Waals surface area contributed by atoms with Crippen molar-refractivity contribution in [3.8, 4) is 11.5 Å². The Morgan fingerprint density at radius 3 is 2.16 bits per heavy atom. The molecule has 1 aliphatic rings. The van der Waals surface area contributed by atoms with E-state index < -0.39 is 11.8 Å². The number of hydrogen-bond acceptors (Lipinski definition) is 5. The number of nitrogens with one attached hydrogen (secondary N) is 1. The Balaban J connectivity index is 1.87. The number of para-hydroxylation sites is 2. The van der Waals surface area contributed by atoms with Crippen molar-refractivity contribution in [2.45, 2.75) is 6.92 Å². The highest BCUT2D eigenvalue weighted by Crippen LogP contribution is 2.39. The lowest BCUT2D eigenvalue weighted by molar-refractivity contribution is -0.120. The number of rotatable bonds is 6. The van der Waals surface area contributed by atoms with Gasteiger partial charge in [0.2, 0.25) is 0 Å². The molecule has 0 bridgehead atoms. The first-order chi connectivity index (χ1) is 15.0. The number of methoxy groups -OCH3 is 2. The molecular weight excluding hydrogens is 392 g/mol. The summed E-state index contributed by atoms with van der Waals surface area (Å²) in [5.74, 6) is 0.128. The SMILES string of the molecule is COc1ccccc1NC1=C(c2ccccc2)C(=O)N(c2cc(C)ccc2OC)C1=O. The van der Waals surface area contributed by atoms with Crippen molar-refractivity contribution in [3.63, 3.8) is 0 Å². The van der Waals surface area contributed by atoms with E-state index in [1.807, 2.05) is 43.3 Å². The van der Waals surface area contributed by atoms with E-state index in [-0.39, 0.29) is 5.70 Å². The molecular formula is C25H22N2O4.